The SMILES string of the molecule is C1CC2(C1)CCNC(C1CCC(C3CNCCC34CCNCC4)C3(CNC3)C1)C2. The number of hydrogen-bond donors (Lipinski definition) is 4. The average molecular weight is 401 g/mol. The molecule has 0 aromatic heterocycles. The summed E-state index contributed by atoms with van der Waals surface area (Å²) in [5.74, 6) is 2.80. The molecule has 0 radical (unpaired) electrons. The molecule has 4 heteroatoms. The van der Waals surface area contributed by atoms with Gasteiger partial charge in [-0.25, -0.2) is 0 Å². The van der Waals surface area contributed by atoms with Gasteiger partial charge in [0.05, 0.1) is 0 Å². The van der Waals surface area contributed by atoms with Crippen molar-refractivity contribution in [2.24, 2.45) is 34.0 Å². The van der Waals surface area contributed by atoms with Crippen molar-refractivity contribution in [1.82, 2.24) is 21.3 Å². The molecule has 2 saturated carbocycles. The lowest BCUT2D eigenvalue weighted by atomic mass is 9.48. The maximum Gasteiger partial charge on any atom is 0.0101 e. The monoisotopic (exact) mass is 400 g/mol. The van der Waals surface area contributed by atoms with E-state index in [1.54, 1.807) is 0 Å². The number of piperidine rings is 3. The topological polar surface area (TPSA) is 48.1 Å². The van der Waals surface area contributed by atoms with Crippen LogP contribution in [0.5, 0.6) is 0 Å². The van der Waals surface area contributed by atoms with Crippen molar-refractivity contribution < 1.29 is 0 Å². The smallest absolute Gasteiger partial charge is 0.0101 e. The standard InChI is InChI=1S/C25H44N4/c1-4-23(5-1)6-13-29-22(15-23)19-2-3-20(25(14-19)17-28-18-25)21-16-27-12-9-24(21)7-10-26-11-8-24/h19-22,26-29H,1-18H2. The summed E-state index contributed by atoms with van der Waals surface area (Å²) in [7, 11) is 0. The van der Waals surface area contributed by atoms with Gasteiger partial charge in [-0.1, -0.05) is 6.42 Å². The van der Waals surface area contributed by atoms with Crippen LogP contribution in [0.25, 0.3) is 0 Å². The Labute approximate surface area is 178 Å². The lowest BCUT2D eigenvalue weighted by Crippen LogP contribution is -2.66. The van der Waals surface area contributed by atoms with Crippen molar-refractivity contribution in [3.8, 4) is 0 Å². The zero-order valence-corrected chi connectivity index (χ0v) is 18.5. The highest BCUT2D eigenvalue weighted by Gasteiger charge is 2.57. The quantitative estimate of drug-likeness (QED) is 0.576. The first kappa shape index (κ1) is 19.5. The Morgan fingerprint density at radius 2 is 1.41 bits per heavy atom. The molecule has 4 saturated heterocycles. The molecule has 0 aromatic carbocycles. The zero-order chi connectivity index (χ0) is 19.4. The van der Waals surface area contributed by atoms with Crippen molar-refractivity contribution in [2.45, 2.75) is 76.7 Å². The molecule has 0 aromatic rings. The first-order valence-electron chi connectivity index (χ1n) is 13.1. The van der Waals surface area contributed by atoms with Crippen LogP contribution in [0.1, 0.15) is 70.6 Å². The summed E-state index contributed by atoms with van der Waals surface area (Å²) in [6.07, 6.45) is 16.3. The molecule has 6 aliphatic rings. The van der Waals surface area contributed by atoms with Crippen molar-refractivity contribution in [3.63, 3.8) is 0 Å². The van der Waals surface area contributed by atoms with E-state index in [2.05, 4.69) is 21.3 Å². The summed E-state index contributed by atoms with van der Waals surface area (Å²) in [6, 6.07) is 0.819. The van der Waals surface area contributed by atoms with E-state index in [0.29, 0.717) is 10.8 Å². The third kappa shape index (κ3) is 3.23. The van der Waals surface area contributed by atoms with E-state index >= 15 is 0 Å². The van der Waals surface area contributed by atoms with Crippen LogP contribution >= 0.6 is 0 Å². The van der Waals surface area contributed by atoms with Crippen LogP contribution < -0.4 is 21.3 Å². The van der Waals surface area contributed by atoms with Crippen LogP contribution in [-0.2, 0) is 0 Å². The molecule has 29 heavy (non-hydrogen) atoms. The van der Waals surface area contributed by atoms with Crippen molar-refractivity contribution >= 4 is 0 Å². The van der Waals surface area contributed by atoms with Crippen molar-refractivity contribution in [3.05, 3.63) is 0 Å². The number of rotatable bonds is 2. The van der Waals surface area contributed by atoms with Gasteiger partial charge < -0.3 is 21.3 Å². The summed E-state index contributed by atoms with van der Waals surface area (Å²) in [5, 5.41) is 15.2. The Morgan fingerprint density at radius 1 is 0.621 bits per heavy atom. The van der Waals surface area contributed by atoms with Gasteiger partial charge in [-0.2, -0.15) is 0 Å². The molecule has 4 atom stereocenters. The predicted molar refractivity (Wildman–Crippen MR) is 119 cm³/mol. The molecule has 4 nitrogen and oxygen atoms in total. The number of nitrogens with one attached hydrogen (secondary N) is 4. The molecule has 4 N–H and O–H groups in total. The number of hydrogen-bond acceptors (Lipinski definition) is 4. The van der Waals surface area contributed by atoms with Gasteiger partial charge in [0.1, 0.15) is 0 Å². The van der Waals surface area contributed by atoms with Crippen LogP contribution in [0, 0.1) is 34.0 Å². The van der Waals surface area contributed by atoms with Crippen LogP contribution in [0.2, 0.25) is 0 Å². The molecular weight excluding hydrogens is 356 g/mol. The Balaban J connectivity index is 1.20. The second kappa shape index (κ2) is 7.46. The van der Waals surface area contributed by atoms with Crippen LogP contribution in [0.4, 0.5) is 0 Å². The zero-order valence-electron chi connectivity index (χ0n) is 18.5. The van der Waals surface area contributed by atoms with Gasteiger partial charge in [0.25, 0.3) is 0 Å². The summed E-state index contributed by atoms with van der Waals surface area (Å²) >= 11 is 0. The fourth-order valence-corrected chi connectivity index (χ4v) is 9.04. The van der Waals surface area contributed by atoms with Gasteiger partial charge in [0.15, 0.2) is 0 Å². The highest BCUT2D eigenvalue weighted by Crippen LogP contribution is 2.58. The van der Waals surface area contributed by atoms with Crippen LogP contribution in [0.3, 0.4) is 0 Å². The molecule has 6 rings (SSSR count). The van der Waals surface area contributed by atoms with Crippen molar-refractivity contribution in [1.29, 1.82) is 0 Å². The van der Waals surface area contributed by atoms with Gasteiger partial charge in [0, 0.05) is 19.1 Å². The normalized spacial score (nSPS) is 43.0. The molecule has 164 valence electrons. The predicted octanol–water partition coefficient (Wildman–Crippen LogP) is 2.89. The minimum absolute atomic E-state index is 0.608. The maximum absolute atomic E-state index is 4.01. The molecule has 4 unspecified atom stereocenters. The third-order valence-electron chi connectivity index (χ3n) is 11.0. The minimum Gasteiger partial charge on any atom is -0.317 e. The summed E-state index contributed by atoms with van der Waals surface area (Å²) < 4.78 is 0. The average Bonchev–Trinajstić information content (AvgIpc) is 2.72. The second-order valence-electron chi connectivity index (χ2n) is 12.2. The highest BCUT2D eigenvalue weighted by atomic mass is 15.0. The van der Waals surface area contributed by atoms with E-state index in [4.69, 9.17) is 0 Å². The van der Waals surface area contributed by atoms with E-state index in [1.807, 2.05) is 0 Å². The molecule has 4 aliphatic heterocycles. The lowest BCUT2D eigenvalue weighted by molar-refractivity contribution is -0.0924. The molecule has 0 amide bonds. The van der Waals surface area contributed by atoms with E-state index in [1.165, 1.54) is 116 Å². The molecule has 6 fully saturated rings. The first-order chi connectivity index (χ1) is 14.2. The Bertz CT molecular complexity index is 581. The fraction of sp³-hybridized carbons (Fsp3) is 1.00. The molecule has 2 aliphatic carbocycles. The summed E-state index contributed by atoms with van der Waals surface area (Å²) in [5.41, 5.74) is 2.00. The fourth-order valence-electron chi connectivity index (χ4n) is 9.04. The van der Waals surface area contributed by atoms with E-state index < -0.39 is 0 Å². The van der Waals surface area contributed by atoms with Gasteiger partial charge in [-0.3, -0.25) is 0 Å². The lowest BCUT2D eigenvalue weighted by Gasteiger charge is -2.62. The first-order valence-corrected chi connectivity index (χ1v) is 13.1. The molecule has 0 bridgehead atoms. The van der Waals surface area contributed by atoms with E-state index in [9.17, 15) is 0 Å². The van der Waals surface area contributed by atoms with Gasteiger partial charge >= 0.3 is 0 Å². The summed E-state index contributed by atoms with van der Waals surface area (Å²) in [6.45, 7) is 8.95. The van der Waals surface area contributed by atoms with E-state index in [-0.39, 0.29) is 0 Å². The van der Waals surface area contributed by atoms with Gasteiger partial charge in [-0.05, 0) is 131 Å². The second-order valence-corrected chi connectivity index (χ2v) is 12.2. The van der Waals surface area contributed by atoms with Gasteiger partial charge in [0.2, 0.25) is 0 Å². The maximum atomic E-state index is 4.01. The van der Waals surface area contributed by atoms with E-state index in [0.717, 1.165) is 29.2 Å². The molecule has 4 heterocycles. The highest BCUT2D eigenvalue weighted by molar-refractivity contribution is 5.10. The Hall–Kier alpha value is -0.160. The summed E-state index contributed by atoms with van der Waals surface area (Å²) in [4.78, 5) is 0. The minimum atomic E-state index is 0.608. The Kier molecular flexibility index (Phi) is 5.02. The van der Waals surface area contributed by atoms with Crippen molar-refractivity contribution in [2.75, 3.05) is 45.8 Å². The van der Waals surface area contributed by atoms with Crippen LogP contribution in [0.15, 0.2) is 0 Å². The third-order valence-corrected chi connectivity index (χ3v) is 11.0. The largest absolute Gasteiger partial charge is 0.317 e. The molecule has 3 spiro atoms. The Morgan fingerprint density at radius 3 is 2.10 bits per heavy atom. The van der Waals surface area contributed by atoms with Crippen LogP contribution in [-0.4, -0.2) is 51.9 Å². The van der Waals surface area contributed by atoms with Gasteiger partial charge in [-0.15, -0.1) is 0 Å². The molecular formula is C25H44N4.